The lowest BCUT2D eigenvalue weighted by Gasteiger charge is -2.27. The first-order valence-corrected chi connectivity index (χ1v) is 7.44. The molecule has 0 aromatic rings. The third kappa shape index (κ3) is 5.95. The number of halogens is 4. The van der Waals surface area contributed by atoms with Gasteiger partial charge in [0.25, 0.3) is 0 Å². The Morgan fingerprint density at radius 3 is 2.25 bits per heavy atom. The van der Waals surface area contributed by atoms with Crippen LogP contribution in [0.5, 0.6) is 0 Å². The molecular formula is C14H25F4NO. The molecule has 0 heterocycles. The highest BCUT2D eigenvalue weighted by Crippen LogP contribution is 2.27. The molecule has 0 spiro atoms. The molecule has 1 N–H and O–H groups in total. The second kappa shape index (κ2) is 8.82. The zero-order chi connectivity index (χ0) is 15.0. The van der Waals surface area contributed by atoms with Crippen LogP contribution in [0, 0.1) is 5.92 Å². The van der Waals surface area contributed by atoms with Crippen LogP contribution in [-0.4, -0.2) is 38.1 Å². The molecule has 1 unspecified atom stereocenters. The fraction of sp³-hybridized carbons (Fsp3) is 1.00. The zero-order valence-electron chi connectivity index (χ0n) is 12.0. The van der Waals surface area contributed by atoms with Gasteiger partial charge in [0.05, 0.1) is 6.61 Å². The van der Waals surface area contributed by atoms with Gasteiger partial charge in [-0.05, 0) is 25.3 Å². The monoisotopic (exact) mass is 299 g/mol. The molecule has 0 aromatic heterocycles. The molecule has 120 valence electrons. The lowest BCUT2D eigenvalue weighted by Crippen LogP contribution is -2.42. The number of nitrogens with one attached hydrogen (secondary N) is 1. The maximum absolute atomic E-state index is 12.8. The molecular weight excluding hydrogens is 274 g/mol. The molecule has 2 nitrogen and oxygen atoms in total. The van der Waals surface area contributed by atoms with Crippen LogP contribution >= 0.6 is 0 Å². The van der Waals surface area contributed by atoms with Crippen LogP contribution < -0.4 is 5.32 Å². The van der Waals surface area contributed by atoms with Gasteiger partial charge in [-0.15, -0.1) is 0 Å². The van der Waals surface area contributed by atoms with Crippen molar-refractivity contribution in [3.05, 3.63) is 0 Å². The number of alkyl halides is 4. The van der Waals surface area contributed by atoms with E-state index in [0.29, 0.717) is 5.92 Å². The van der Waals surface area contributed by atoms with Gasteiger partial charge in [-0.1, -0.05) is 32.6 Å². The molecule has 1 aliphatic rings. The minimum Gasteiger partial charge on any atom is -0.373 e. The van der Waals surface area contributed by atoms with E-state index >= 15 is 0 Å². The first kappa shape index (κ1) is 17.7. The molecule has 20 heavy (non-hydrogen) atoms. The minimum absolute atomic E-state index is 0.0217. The van der Waals surface area contributed by atoms with Crippen molar-refractivity contribution < 1.29 is 22.3 Å². The van der Waals surface area contributed by atoms with E-state index in [4.69, 9.17) is 4.74 Å². The third-order valence-corrected chi connectivity index (χ3v) is 3.85. The van der Waals surface area contributed by atoms with Gasteiger partial charge in [-0.2, -0.15) is 8.78 Å². The van der Waals surface area contributed by atoms with Gasteiger partial charge in [0.2, 0.25) is 0 Å². The van der Waals surface area contributed by atoms with Crippen molar-refractivity contribution in [2.75, 3.05) is 19.8 Å². The van der Waals surface area contributed by atoms with Gasteiger partial charge in [-0.3, -0.25) is 0 Å². The maximum atomic E-state index is 12.8. The number of likely N-dealkylation sites (N-methyl/N-ethyl adjacent to an activating group) is 1. The average Bonchev–Trinajstić information content (AvgIpc) is 2.66. The van der Waals surface area contributed by atoms with Crippen LogP contribution in [0.4, 0.5) is 17.6 Å². The maximum Gasteiger partial charge on any atom is 0.330 e. The highest BCUT2D eigenvalue weighted by molar-refractivity contribution is 4.79. The molecule has 1 saturated carbocycles. The third-order valence-electron chi connectivity index (χ3n) is 3.85. The number of hydrogen-bond acceptors (Lipinski definition) is 2. The van der Waals surface area contributed by atoms with Crippen molar-refractivity contribution in [3.63, 3.8) is 0 Å². The van der Waals surface area contributed by atoms with Gasteiger partial charge in [-0.25, -0.2) is 8.78 Å². The van der Waals surface area contributed by atoms with Crippen molar-refractivity contribution in [2.45, 2.75) is 63.8 Å². The Hall–Kier alpha value is -0.360. The molecule has 0 aromatic carbocycles. The summed E-state index contributed by atoms with van der Waals surface area (Å²) in [4.78, 5) is 0. The van der Waals surface area contributed by atoms with Crippen LogP contribution in [0.1, 0.15) is 45.4 Å². The minimum atomic E-state index is -4.06. The number of ether oxygens (including phenoxy) is 1. The van der Waals surface area contributed by atoms with Crippen LogP contribution in [0.15, 0.2) is 0 Å². The van der Waals surface area contributed by atoms with E-state index in [0.717, 1.165) is 32.2 Å². The standard InChI is InChI=1S/C14H25F4NO/c1-2-19-12(11-7-5-3-4-6-8-11)9-20-10-14(17,18)13(15)16/h11-13,19H,2-10H2,1H3. The summed E-state index contributed by atoms with van der Waals surface area (Å²) in [5.41, 5.74) is 0. The molecule has 0 aliphatic heterocycles. The van der Waals surface area contributed by atoms with Crippen LogP contribution in [0.25, 0.3) is 0 Å². The zero-order valence-corrected chi connectivity index (χ0v) is 12.0. The molecule has 1 atom stereocenters. The fourth-order valence-corrected chi connectivity index (χ4v) is 2.72. The molecule has 0 radical (unpaired) electrons. The summed E-state index contributed by atoms with van der Waals surface area (Å²) in [7, 11) is 0. The first-order chi connectivity index (χ1) is 9.47. The SMILES string of the molecule is CCNC(COCC(F)(F)C(F)F)C1CCCCCC1. The van der Waals surface area contributed by atoms with Gasteiger partial charge in [0, 0.05) is 6.04 Å². The number of hydrogen-bond donors (Lipinski definition) is 1. The molecule has 1 rings (SSSR count). The molecule has 0 saturated heterocycles. The summed E-state index contributed by atoms with van der Waals surface area (Å²) >= 11 is 0. The second-order valence-electron chi connectivity index (χ2n) is 5.49. The van der Waals surface area contributed by atoms with E-state index in [2.05, 4.69) is 5.32 Å². The van der Waals surface area contributed by atoms with Crippen LogP contribution in [0.2, 0.25) is 0 Å². The highest BCUT2D eigenvalue weighted by atomic mass is 19.3. The van der Waals surface area contributed by atoms with Crippen molar-refractivity contribution in [3.8, 4) is 0 Å². The normalized spacial score (nSPS) is 20.1. The lowest BCUT2D eigenvalue weighted by molar-refractivity contribution is -0.167. The average molecular weight is 299 g/mol. The Balaban J connectivity index is 2.41. The van der Waals surface area contributed by atoms with E-state index in [-0.39, 0.29) is 12.6 Å². The van der Waals surface area contributed by atoms with Crippen molar-refractivity contribution in [1.82, 2.24) is 5.32 Å². The molecule has 6 heteroatoms. The van der Waals surface area contributed by atoms with Crippen molar-refractivity contribution >= 4 is 0 Å². The van der Waals surface area contributed by atoms with Gasteiger partial charge < -0.3 is 10.1 Å². The van der Waals surface area contributed by atoms with E-state index in [1.807, 2.05) is 6.92 Å². The van der Waals surface area contributed by atoms with E-state index in [1.165, 1.54) is 12.8 Å². The largest absolute Gasteiger partial charge is 0.373 e. The predicted molar refractivity (Wildman–Crippen MR) is 70.4 cm³/mol. The highest BCUT2D eigenvalue weighted by Gasteiger charge is 2.41. The number of rotatable bonds is 8. The Bertz CT molecular complexity index is 256. The van der Waals surface area contributed by atoms with Crippen LogP contribution in [0.3, 0.4) is 0 Å². The van der Waals surface area contributed by atoms with Gasteiger partial charge in [0.15, 0.2) is 0 Å². The Labute approximate surface area is 118 Å². The van der Waals surface area contributed by atoms with Crippen LogP contribution in [-0.2, 0) is 4.74 Å². The van der Waals surface area contributed by atoms with Gasteiger partial charge >= 0.3 is 12.3 Å². The second-order valence-corrected chi connectivity index (χ2v) is 5.49. The molecule has 1 fully saturated rings. The Morgan fingerprint density at radius 2 is 1.75 bits per heavy atom. The first-order valence-electron chi connectivity index (χ1n) is 7.44. The van der Waals surface area contributed by atoms with Crippen molar-refractivity contribution in [2.24, 2.45) is 5.92 Å². The fourth-order valence-electron chi connectivity index (χ4n) is 2.72. The predicted octanol–water partition coefficient (Wildman–Crippen LogP) is 3.85. The summed E-state index contributed by atoms with van der Waals surface area (Å²) in [5.74, 6) is -3.67. The quantitative estimate of drug-likeness (QED) is 0.543. The Kier molecular flexibility index (Phi) is 7.80. The van der Waals surface area contributed by atoms with E-state index in [1.54, 1.807) is 0 Å². The molecule has 0 amide bonds. The lowest BCUT2D eigenvalue weighted by atomic mass is 9.92. The Morgan fingerprint density at radius 1 is 1.15 bits per heavy atom. The summed E-state index contributed by atoms with van der Waals surface area (Å²) in [6.45, 7) is 1.52. The summed E-state index contributed by atoms with van der Waals surface area (Å²) in [5, 5.41) is 3.24. The van der Waals surface area contributed by atoms with E-state index < -0.39 is 19.0 Å². The van der Waals surface area contributed by atoms with Crippen molar-refractivity contribution in [1.29, 1.82) is 0 Å². The summed E-state index contributed by atoms with van der Waals surface area (Å²) in [6, 6.07) is -0.0217. The topological polar surface area (TPSA) is 21.3 Å². The summed E-state index contributed by atoms with van der Waals surface area (Å²) in [6.07, 6.45) is 3.12. The molecule has 1 aliphatic carbocycles. The smallest absolute Gasteiger partial charge is 0.330 e. The summed E-state index contributed by atoms with van der Waals surface area (Å²) < 4.78 is 54.6. The molecule has 0 bridgehead atoms. The van der Waals surface area contributed by atoms with Gasteiger partial charge in [0.1, 0.15) is 6.61 Å². The van der Waals surface area contributed by atoms with E-state index in [9.17, 15) is 17.6 Å².